The summed E-state index contributed by atoms with van der Waals surface area (Å²) < 4.78 is 13.3. The number of phenols is 1. The van der Waals surface area contributed by atoms with Gasteiger partial charge in [0.15, 0.2) is 0 Å². The van der Waals surface area contributed by atoms with Gasteiger partial charge in [-0.1, -0.05) is 42.5 Å². The molecule has 1 unspecified atom stereocenters. The molecule has 2 fully saturated rings. The van der Waals surface area contributed by atoms with Crippen LogP contribution in [-0.4, -0.2) is 41.0 Å². The minimum Gasteiger partial charge on any atom is -0.506 e. The van der Waals surface area contributed by atoms with Crippen LogP contribution < -0.4 is 5.32 Å². The number of carbonyl (C=O) groups is 2. The summed E-state index contributed by atoms with van der Waals surface area (Å²) in [4.78, 5) is 27.8. The molecule has 5 nitrogen and oxygen atoms in total. The number of phenolic OH excluding ortho intramolecular Hbond substituents is 1. The highest BCUT2D eigenvalue weighted by Gasteiger charge is 2.45. The zero-order valence-electron chi connectivity index (χ0n) is 17.7. The number of nitrogens with zero attached hydrogens (tertiary/aromatic N) is 1. The molecule has 1 aliphatic heterocycles. The van der Waals surface area contributed by atoms with E-state index in [0.717, 1.165) is 30.2 Å². The van der Waals surface area contributed by atoms with Crippen molar-refractivity contribution in [2.75, 3.05) is 13.1 Å². The Labute approximate surface area is 185 Å². The second-order valence-corrected chi connectivity index (χ2v) is 8.84. The highest BCUT2D eigenvalue weighted by atomic mass is 19.1. The number of rotatable bonds is 5. The average molecular weight is 432 g/mol. The lowest BCUT2D eigenvalue weighted by molar-refractivity contribution is -0.124. The van der Waals surface area contributed by atoms with E-state index in [1.54, 1.807) is 29.2 Å². The maximum absolute atomic E-state index is 13.3. The lowest BCUT2D eigenvalue weighted by Gasteiger charge is -2.26. The summed E-state index contributed by atoms with van der Waals surface area (Å²) in [5.74, 6) is -0.826. The fraction of sp³-hybridized carbons (Fsp3) is 0.308. The van der Waals surface area contributed by atoms with Crippen molar-refractivity contribution in [2.45, 2.75) is 37.1 Å². The standard InChI is InChI=1S/C26H25FN2O3/c27-19-10-8-18(9-11-19)26(13-14-26)16-28-24(31)22-6-3-15-29(22)25(32)21-12-7-17-4-1-2-5-20(17)23(21)30/h1-2,4-5,7-12,22,30H,3,6,13-16H2,(H,28,31). The van der Waals surface area contributed by atoms with Gasteiger partial charge < -0.3 is 15.3 Å². The maximum atomic E-state index is 13.3. The van der Waals surface area contributed by atoms with Crippen molar-refractivity contribution >= 4 is 22.6 Å². The fourth-order valence-electron chi connectivity index (χ4n) is 4.76. The number of likely N-dealkylation sites (tertiary alicyclic amines) is 1. The Hall–Kier alpha value is -3.41. The topological polar surface area (TPSA) is 69.6 Å². The third-order valence-electron chi connectivity index (χ3n) is 6.86. The van der Waals surface area contributed by atoms with E-state index < -0.39 is 6.04 Å². The monoisotopic (exact) mass is 432 g/mol. The molecule has 1 heterocycles. The largest absolute Gasteiger partial charge is 0.506 e. The number of benzene rings is 3. The van der Waals surface area contributed by atoms with Crippen molar-refractivity contribution < 1.29 is 19.1 Å². The normalized spacial score (nSPS) is 19.2. The summed E-state index contributed by atoms with van der Waals surface area (Å²) in [6.45, 7) is 0.948. The van der Waals surface area contributed by atoms with Crippen molar-refractivity contribution in [3.8, 4) is 5.75 Å². The second-order valence-electron chi connectivity index (χ2n) is 8.84. The van der Waals surface area contributed by atoms with Crippen LogP contribution in [0.5, 0.6) is 5.75 Å². The van der Waals surface area contributed by atoms with Gasteiger partial charge in [0.05, 0.1) is 5.56 Å². The van der Waals surface area contributed by atoms with E-state index in [1.165, 1.54) is 12.1 Å². The van der Waals surface area contributed by atoms with Crippen molar-refractivity contribution in [2.24, 2.45) is 0 Å². The van der Waals surface area contributed by atoms with Gasteiger partial charge in [0.2, 0.25) is 5.91 Å². The number of fused-ring (bicyclic) bond motifs is 1. The van der Waals surface area contributed by atoms with Gasteiger partial charge in [0.25, 0.3) is 5.91 Å². The number of amides is 2. The molecule has 32 heavy (non-hydrogen) atoms. The molecule has 0 spiro atoms. The molecule has 0 radical (unpaired) electrons. The first-order chi connectivity index (χ1) is 15.5. The smallest absolute Gasteiger partial charge is 0.258 e. The number of nitrogens with one attached hydrogen (secondary N) is 1. The molecule has 0 aromatic heterocycles. The molecule has 0 bridgehead atoms. The Balaban J connectivity index is 1.30. The minimum atomic E-state index is -0.558. The molecule has 6 heteroatoms. The van der Waals surface area contributed by atoms with Crippen LogP contribution in [0.2, 0.25) is 0 Å². The van der Waals surface area contributed by atoms with Gasteiger partial charge in [-0.25, -0.2) is 4.39 Å². The van der Waals surface area contributed by atoms with Crippen LogP contribution in [-0.2, 0) is 10.2 Å². The van der Waals surface area contributed by atoms with E-state index >= 15 is 0 Å². The number of carbonyl (C=O) groups excluding carboxylic acids is 2. The lowest BCUT2D eigenvalue weighted by Crippen LogP contribution is -2.47. The SMILES string of the molecule is O=C(NCC1(c2ccc(F)cc2)CC1)C1CCCN1C(=O)c1ccc2ccccc2c1O. The predicted octanol–water partition coefficient (Wildman–Crippen LogP) is 4.14. The fourth-order valence-corrected chi connectivity index (χ4v) is 4.76. The van der Waals surface area contributed by atoms with Crippen LogP contribution >= 0.6 is 0 Å². The van der Waals surface area contributed by atoms with Gasteiger partial charge in [-0.15, -0.1) is 0 Å². The van der Waals surface area contributed by atoms with Gasteiger partial charge >= 0.3 is 0 Å². The lowest BCUT2D eigenvalue weighted by atomic mass is 9.95. The highest BCUT2D eigenvalue weighted by molar-refractivity contribution is 6.05. The predicted molar refractivity (Wildman–Crippen MR) is 120 cm³/mol. The Morgan fingerprint density at radius 3 is 2.56 bits per heavy atom. The molecule has 2 aliphatic rings. The third kappa shape index (κ3) is 3.60. The first-order valence-electron chi connectivity index (χ1n) is 11.0. The van der Waals surface area contributed by atoms with Gasteiger partial charge in [-0.3, -0.25) is 9.59 Å². The quantitative estimate of drug-likeness (QED) is 0.637. The first kappa shape index (κ1) is 20.5. The van der Waals surface area contributed by atoms with Crippen LogP contribution in [0.15, 0.2) is 60.7 Å². The van der Waals surface area contributed by atoms with Crippen molar-refractivity contribution in [3.63, 3.8) is 0 Å². The average Bonchev–Trinajstić information content (AvgIpc) is 3.44. The molecule has 2 amide bonds. The molecule has 1 saturated heterocycles. The molecular formula is C26H25FN2O3. The van der Waals surface area contributed by atoms with E-state index in [-0.39, 0.29) is 34.4 Å². The molecule has 164 valence electrons. The Bertz CT molecular complexity index is 1190. The molecule has 2 N–H and O–H groups in total. The Kier molecular flexibility index (Phi) is 5.08. The van der Waals surface area contributed by atoms with Crippen molar-refractivity contribution in [3.05, 3.63) is 77.6 Å². The zero-order chi connectivity index (χ0) is 22.3. The molecule has 1 saturated carbocycles. The van der Waals surface area contributed by atoms with Gasteiger partial charge in [0.1, 0.15) is 17.6 Å². The van der Waals surface area contributed by atoms with E-state index in [0.29, 0.717) is 24.9 Å². The molecule has 3 aromatic carbocycles. The first-order valence-corrected chi connectivity index (χ1v) is 11.0. The number of hydrogen-bond donors (Lipinski definition) is 2. The van der Waals surface area contributed by atoms with Crippen LogP contribution in [0.3, 0.4) is 0 Å². The number of hydrogen-bond acceptors (Lipinski definition) is 3. The van der Waals surface area contributed by atoms with E-state index in [4.69, 9.17) is 0 Å². The molecule has 1 atom stereocenters. The van der Waals surface area contributed by atoms with Crippen LogP contribution in [0, 0.1) is 5.82 Å². The third-order valence-corrected chi connectivity index (χ3v) is 6.86. The van der Waals surface area contributed by atoms with Gasteiger partial charge in [0, 0.05) is 23.9 Å². The molecule has 1 aliphatic carbocycles. The van der Waals surface area contributed by atoms with Crippen LogP contribution in [0.4, 0.5) is 4.39 Å². The number of aromatic hydroxyl groups is 1. The van der Waals surface area contributed by atoms with Crippen molar-refractivity contribution in [1.29, 1.82) is 0 Å². The molecular weight excluding hydrogens is 407 g/mol. The van der Waals surface area contributed by atoms with E-state index in [1.807, 2.05) is 24.3 Å². The summed E-state index contributed by atoms with van der Waals surface area (Å²) in [6, 6.07) is 16.7. The van der Waals surface area contributed by atoms with E-state index in [9.17, 15) is 19.1 Å². The van der Waals surface area contributed by atoms with Crippen molar-refractivity contribution in [1.82, 2.24) is 10.2 Å². The van der Waals surface area contributed by atoms with Crippen LogP contribution in [0.1, 0.15) is 41.6 Å². The highest BCUT2D eigenvalue weighted by Crippen LogP contribution is 2.47. The summed E-state index contributed by atoms with van der Waals surface area (Å²) in [5, 5.41) is 15.2. The van der Waals surface area contributed by atoms with Crippen LogP contribution in [0.25, 0.3) is 10.8 Å². The summed E-state index contributed by atoms with van der Waals surface area (Å²) in [7, 11) is 0. The molecule has 3 aromatic rings. The molecule has 5 rings (SSSR count). The minimum absolute atomic E-state index is 0.0487. The summed E-state index contributed by atoms with van der Waals surface area (Å²) in [5.41, 5.74) is 1.10. The Morgan fingerprint density at radius 1 is 1.06 bits per heavy atom. The summed E-state index contributed by atoms with van der Waals surface area (Å²) >= 11 is 0. The second kappa shape index (κ2) is 7.93. The Morgan fingerprint density at radius 2 is 1.81 bits per heavy atom. The van der Waals surface area contributed by atoms with Gasteiger partial charge in [-0.2, -0.15) is 0 Å². The maximum Gasteiger partial charge on any atom is 0.258 e. The zero-order valence-corrected chi connectivity index (χ0v) is 17.7. The van der Waals surface area contributed by atoms with Gasteiger partial charge in [-0.05, 0) is 54.8 Å². The summed E-state index contributed by atoms with van der Waals surface area (Å²) in [6.07, 6.45) is 3.21. The van der Waals surface area contributed by atoms with E-state index in [2.05, 4.69) is 5.32 Å². The number of halogens is 1.